The molecule has 0 radical (unpaired) electrons. The van der Waals surface area contributed by atoms with Crippen LogP contribution in [-0.4, -0.2) is 35.9 Å². The fraction of sp³-hybridized carbons (Fsp3) is 1.00. The van der Waals surface area contributed by atoms with E-state index in [-0.39, 0.29) is 0 Å². The maximum Gasteiger partial charge on any atom is 0.471 e. The third-order valence-electron chi connectivity index (χ3n) is 1.81. The van der Waals surface area contributed by atoms with Crippen LogP contribution in [0.25, 0.3) is 0 Å². The van der Waals surface area contributed by atoms with Crippen LogP contribution >= 0.6 is 0 Å². The largest absolute Gasteiger partial charge is 0.471 e. The summed E-state index contributed by atoms with van der Waals surface area (Å²) in [5.74, 6) is -6.19. The summed E-state index contributed by atoms with van der Waals surface area (Å²) < 4.78 is 168. The van der Waals surface area contributed by atoms with Crippen LogP contribution < -0.4 is 0 Å². The standard InChI is InChI=1S/C6HF14N/c7-2(8,9)1(3(10,11)12)4(13,14)21(5(15,16)17)6(18,19)20/h1H. The van der Waals surface area contributed by atoms with E-state index in [1.54, 1.807) is 0 Å². The Bertz CT molecular complexity index is 292. The van der Waals surface area contributed by atoms with Crippen LogP contribution in [0.2, 0.25) is 0 Å². The topological polar surface area (TPSA) is 3.24 Å². The molecule has 0 aromatic carbocycles. The third-order valence-corrected chi connectivity index (χ3v) is 1.81. The monoisotopic (exact) mass is 353 g/mol. The van der Waals surface area contributed by atoms with Gasteiger partial charge in [-0.15, -0.1) is 0 Å². The molecule has 128 valence electrons. The highest BCUT2D eigenvalue weighted by atomic mass is 19.4. The van der Waals surface area contributed by atoms with E-state index in [1.165, 1.54) is 0 Å². The highest BCUT2D eigenvalue weighted by Crippen LogP contribution is 2.54. The van der Waals surface area contributed by atoms with Crippen molar-refractivity contribution in [1.82, 2.24) is 4.90 Å². The van der Waals surface area contributed by atoms with E-state index in [2.05, 4.69) is 0 Å². The van der Waals surface area contributed by atoms with E-state index >= 15 is 0 Å². The lowest BCUT2D eigenvalue weighted by atomic mass is 10.1. The lowest BCUT2D eigenvalue weighted by Crippen LogP contribution is -2.65. The van der Waals surface area contributed by atoms with Crippen LogP contribution in [-0.2, 0) is 0 Å². The van der Waals surface area contributed by atoms with E-state index in [0.717, 1.165) is 0 Å². The quantitative estimate of drug-likeness (QED) is 0.516. The average molecular weight is 353 g/mol. The van der Waals surface area contributed by atoms with Gasteiger partial charge in [-0.05, 0) is 0 Å². The summed E-state index contributed by atoms with van der Waals surface area (Å²) in [7, 11) is 0. The van der Waals surface area contributed by atoms with Crippen LogP contribution in [0.5, 0.6) is 0 Å². The minimum atomic E-state index is -7.40. The van der Waals surface area contributed by atoms with Crippen LogP contribution in [0.4, 0.5) is 61.5 Å². The fourth-order valence-corrected chi connectivity index (χ4v) is 1.19. The molecule has 0 saturated carbocycles. The Hall–Kier alpha value is -1.02. The van der Waals surface area contributed by atoms with Crippen molar-refractivity contribution in [3.8, 4) is 0 Å². The van der Waals surface area contributed by atoms with Gasteiger partial charge in [0.25, 0.3) is 0 Å². The maximum atomic E-state index is 12.8. The van der Waals surface area contributed by atoms with Gasteiger partial charge in [-0.3, -0.25) is 0 Å². The zero-order valence-electron chi connectivity index (χ0n) is 8.82. The number of hydrogen-bond acceptors (Lipinski definition) is 1. The highest BCUT2D eigenvalue weighted by molar-refractivity contribution is 4.90. The van der Waals surface area contributed by atoms with Crippen molar-refractivity contribution in [1.29, 1.82) is 0 Å². The normalized spacial score (nSPS) is 16.0. The molecule has 0 aromatic rings. The van der Waals surface area contributed by atoms with Gasteiger partial charge in [0.15, 0.2) is 0 Å². The lowest BCUT2D eigenvalue weighted by molar-refractivity contribution is -0.476. The van der Waals surface area contributed by atoms with Gasteiger partial charge in [-0.1, -0.05) is 4.90 Å². The predicted molar refractivity (Wildman–Crippen MR) is 34.5 cm³/mol. The van der Waals surface area contributed by atoms with E-state index < -0.39 is 41.8 Å². The molecule has 0 aliphatic heterocycles. The molecule has 0 spiro atoms. The van der Waals surface area contributed by atoms with E-state index in [0.29, 0.717) is 0 Å². The molecule has 0 bridgehead atoms. The molecule has 0 N–H and O–H groups in total. The first kappa shape index (κ1) is 20.0. The van der Waals surface area contributed by atoms with E-state index in [9.17, 15) is 61.5 Å². The Balaban J connectivity index is 6.21. The van der Waals surface area contributed by atoms with Gasteiger partial charge in [-0.25, -0.2) is 0 Å². The Morgan fingerprint density at radius 1 is 0.476 bits per heavy atom. The molecule has 0 rings (SSSR count). The zero-order valence-corrected chi connectivity index (χ0v) is 8.82. The molecule has 0 aromatic heterocycles. The minimum absolute atomic E-state index is 4.04. The number of alkyl halides is 14. The van der Waals surface area contributed by atoms with Crippen molar-refractivity contribution in [3.63, 3.8) is 0 Å². The minimum Gasteiger partial charge on any atom is -0.187 e. The molecule has 0 amide bonds. The molecule has 0 unspecified atom stereocenters. The van der Waals surface area contributed by atoms with Gasteiger partial charge in [0.05, 0.1) is 0 Å². The molecule has 0 aliphatic carbocycles. The Morgan fingerprint density at radius 3 is 0.857 bits per heavy atom. The van der Waals surface area contributed by atoms with Crippen molar-refractivity contribution in [2.75, 3.05) is 0 Å². The average Bonchev–Trinajstić information content (AvgIpc) is 1.84. The fourth-order valence-electron chi connectivity index (χ4n) is 1.19. The molecule has 0 aliphatic rings. The van der Waals surface area contributed by atoms with Gasteiger partial charge in [0, 0.05) is 0 Å². The summed E-state index contributed by atoms with van der Waals surface area (Å²) in [6, 6.07) is -7.40. The van der Waals surface area contributed by atoms with Crippen molar-refractivity contribution in [2.45, 2.75) is 31.0 Å². The summed E-state index contributed by atoms with van der Waals surface area (Å²) in [5.41, 5.74) is 0. The predicted octanol–water partition coefficient (Wildman–Crippen LogP) is 4.66. The second-order valence-electron chi connectivity index (χ2n) is 3.38. The molecular formula is C6HF14N. The zero-order chi connectivity index (χ0) is 17.7. The number of halogens is 14. The second-order valence-corrected chi connectivity index (χ2v) is 3.38. The summed E-state index contributed by atoms with van der Waals surface area (Å²) in [6.45, 7) is 0. The highest BCUT2D eigenvalue weighted by Gasteiger charge is 2.78. The second kappa shape index (κ2) is 5.01. The summed E-state index contributed by atoms with van der Waals surface area (Å²) in [6.07, 6.45) is -28.7. The Morgan fingerprint density at radius 2 is 0.714 bits per heavy atom. The lowest BCUT2D eigenvalue weighted by Gasteiger charge is -2.38. The van der Waals surface area contributed by atoms with Crippen molar-refractivity contribution >= 4 is 0 Å². The first-order chi connectivity index (χ1) is 8.73. The van der Waals surface area contributed by atoms with Crippen LogP contribution in [0.15, 0.2) is 0 Å². The van der Waals surface area contributed by atoms with E-state index in [4.69, 9.17) is 0 Å². The summed E-state index contributed by atoms with van der Waals surface area (Å²) in [4.78, 5) is -4.04. The van der Waals surface area contributed by atoms with Gasteiger partial charge in [-0.2, -0.15) is 61.5 Å². The van der Waals surface area contributed by atoms with Crippen LogP contribution in [0.3, 0.4) is 0 Å². The van der Waals surface area contributed by atoms with Gasteiger partial charge in [0.2, 0.25) is 5.92 Å². The maximum absolute atomic E-state index is 12.8. The number of rotatable bonds is 2. The first-order valence-corrected chi connectivity index (χ1v) is 4.18. The molecular weight excluding hydrogens is 352 g/mol. The van der Waals surface area contributed by atoms with Crippen molar-refractivity contribution in [3.05, 3.63) is 0 Å². The van der Waals surface area contributed by atoms with E-state index in [1.807, 2.05) is 0 Å². The van der Waals surface area contributed by atoms with Gasteiger partial charge in [0.1, 0.15) is 0 Å². The third kappa shape index (κ3) is 4.47. The molecule has 0 fully saturated rings. The molecule has 0 atom stereocenters. The number of nitrogens with zero attached hydrogens (tertiary/aromatic N) is 1. The Labute approximate surface area is 105 Å². The Kier molecular flexibility index (Phi) is 4.77. The molecule has 15 heteroatoms. The molecule has 21 heavy (non-hydrogen) atoms. The van der Waals surface area contributed by atoms with Gasteiger partial charge >= 0.3 is 31.0 Å². The van der Waals surface area contributed by atoms with Crippen LogP contribution in [0, 0.1) is 5.92 Å². The first-order valence-electron chi connectivity index (χ1n) is 4.18. The summed E-state index contributed by atoms with van der Waals surface area (Å²) >= 11 is 0. The van der Waals surface area contributed by atoms with Crippen molar-refractivity contribution < 1.29 is 61.5 Å². The van der Waals surface area contributed by atoms with Crippen LogP contribution in [0.1, 0.15) is 0 Å². The SMILES string of the molecule is FC(F)(F)C(C(F)(F)F)C(F)(F)N(C(F)(F)F)C(F)(F)F. The molecule has 0 heterocycles. The van der Waals surface area contributed by atoms with Gasteiger partial charge < -0.3 is 0 Å². The molecule has 0 saturated heterocycles. The molecule has 1 nitrogen and oxygen atoms in total. The number of hydrogen-bond donors (Lipinski definition) is 0. The smallest absolute Gasteiger partial charge is 0.187 e. The summed E-state index contributed by atoms with van der Waals surface area (Å²) in [5, 5.41) is 0. The van der Waals surface area contributed by atoms with Crippen molar-refractivity contribution in [2.24, 2.45) is 5.92 Å².